The lowest BCUT2D eigenvalue weighted by Gasteiger charge is -2.43. The molecule has 3 atom stereocenters. The Labute approximate surface area is 111 Å². The zero-order valence-corrected chi connectivity index (χ0v) is 11.1. The van der Waals surface area contributed by atoms with Gasteiger partial charge in [-0.3, -0.25) is 4.79 Å². The highest BCUT2D eigenvalue weighted by molar-refractivity contribution is 5.79. The molecule has 1 N–H and O–H groups in total. The first-order valence-corrected chi connectivity index (χ1v) is 6.10. The average molecular weight is 268 g/mol. The van der Waals surface area contributed by atoms with E-state index in [0.29, 0.717) is 5.56 Å². The minimum atomic E-state index is -1.65. The molecule has 1 saturated heterocycles. The van der Waals surface area contributed by atoms with E-state index in [0.717, 1.165) is 0 Å². The Kier molecular flexibility index (Phi) is 3.47. The predicted octanol–water partition coefficient (Wildman–Crippen LogP) is 2.31. The van der Waals surface area contributed by atoms with E-state index < -0.39 is 17.3 Å². The van der Waals surface area contributed by atoms with Gasteiger partial charge in [0.25, 0.3) is 0 Å². The van der Waals surface area contributed by atoms with Crippen LogP contribution in [0.5, 0.6) is 0 Å². The first-order valence-electron chi connectivity index (χ1n) is 6.10. The summed E-state index contributed by atoms with van der Waals surface area (Å²) in [7, 11) is 0. The Balaban J connectivity index is 2.31. The molecule has 0 amide bonds. The Hall–Kier alpha value is -1.30. The molecule has 19 heavy (non-hydrogen) atoms. The van der Waals surface area contributed by atoms with Crippen LogP contribution in [0.25, 0.3) is 0 Å². The van der Waals surface area contributed by atoms with Crippen LogP contribution in [0.15, 0.2) is 24.3 Å². The van der Waals surface area contributed by atoms with Crippen molar-refractivity contribution < 1.29 is 24.1 Å². The van der Waals surface area contributed by atoms with Crippen molar-refractivity contribution >= 4 is 5.78 Å². The molecule has 1 fully saturated rings. The van der Waals surface area contributed by atoms with E-state index >= 15 is 0 Å². The van der Waals surface area contributed by atoms with Crippen molar-refractivity contribution in [2.45, 2.75) is 38.6 Å². The average Bonchev–Trinajstić information content (AvgIpc) is 2.33. The van der Waals surface area contributed by atoms with Gasteiger partial charge in [-0.2, -0.15) is 4.89 Å². The van der Waals surface area contributed by atoms with Crippen LogP contribution >= 0.6 is 0 Å². The summed E-state index contributed by atoms with van der Waals surface area (Å²) in [6, 6.07) is 5.80. The van der Waals surface area contributed by atoms with E-state index in [9.17, 15) is 14.3 Å². The summed E-state index contributed by atoms with van der Waals surface area (Å²) in [5.41, 5.74) is -0.206. The molecule has 0 radical (unpaired) electrons. The van der Waals surface area contributed by atoms with Gasteiger partial charge in [-0.05, 0) is 44.9 Å². The van der Waals surface area contributed by atoms with E-state index in [1.54, 1.807) is 19.1 Å². The second-order valence-electron chi connectivity index (χ2n) is 5.33. The van der Waals surface area contributed by atoms with Crippen LogP contribution in [-0.4, -0.2) is 16.7 Å². The van der Waals surface area contributed by atoms with Gasteiger partial charge < -0.3 is 5.11 Å². The quantitative estimate of drug-likeness (QED) is 0.836. The molecule has 0 spiro atoms. The SMILES string of the molecule is CC(=O)C1CC(C)(c2ccc(F)cc2)OOC1(C)O. The largest absolute Gasteiger partial charge is 0.363 e. The fourth-order valence-corrected chi connectivity index (χ4v) is 2.34. The molecule has 0 aliphatic carbocycles. The number of benzene rings is 1. The van der Waals surface area contributed by atoms with Crippen molar-refractivity contribution in [3.8, 4) is 0 Å². The van der Waals surface area contributed by atoms with E-state index in [-0.39, 0.29) is 18.0 Å². The summed E-state index contributed by atoms with van der Waals surface area (Å²) in [6.07, 6.45) is 0.265. The molecular formula is C14H17FO4. The van der Waals surface area contributed by atoms with Crippen molar-refractivity contribution in [2.75, 3.05) is 0 Å². The zero-order valence-electron chi connectivity index (χ0n) is 11.1. The fourth-order valence-electron chi connectivity index (χ4n) is 2.34. The number of ketones is 1. The number of carbonyl (C=O) groups is 1. The van der Waals surface area contributed by atoms with Crippen LogP contribution < -0.4 is 0 Å². The number of hydrogen-bond donors (Lipinski definition) is 1. The van der Waals surface area contributed by atoms with Gasteiger partial charge in [0.15, 0.2) is 0 Å². The highest BCUT2D eigenvalue weighted by atomic mass is 19.1. The smallest absolute Gasteiger partial charge is 0.206 e. The molecule has 1 aliphatic heterocycles. The van der Waals surface area contributed by atoms with Gasteiger partial charge in [0, 0.05) is 0 Å². The summed E-state index contributed by atoms with van der Waals surface area (Å²) >= 11 is 0. The van der Waals surface area contributed by atoms with Crippen LogP contribution in [0, 0.1) is 11.7 Å². The van der Waals surface area contributed by atoms with Crippen LogP contribution in [-0.2, 0) is 20.2 Å². The lowest BCUT2D eigenvalue weighted by Crippen LogP contribution is -2.51. The van der Waals surface area contributed by atoms with Crippen molar-refractivity contribution in [1.82, 2.24) is 0 Å². The van der Waals surface area contributed by atoms with E-state index in [2.05, 4.69) is 0 Å². The third-order valence-corrected chi connectivity index (χ3v) is 3.58. The molecule has 5 heteroatoms. The van der Waals surface area contributed by atoms with Gasteiger partial charge in [-0.1, -0.05) is 12.1 Å². The van der Waals surface area contributed by atoms with Gasteiger partial charge in [0.05, 0.1) is 5.92 Å². The number of halogens is 1. The van der Waals surface area contributed by atoms with Gasteiger partial charge in [0.2, 0.25) is 5.79 Å². The summed E-state index contributed by atoms with van der Waals surface area (Å²) in [5.74, 6) is -2.87. The number of aliphatic hydroxyl groups is 1. The van der Waals surface area contributed by atoms with Crippen LogP contribution in [0.4, 0.5) is 4.39 Å². The van der Waals surface area contributed by atoms with E-state index in [4.69, 9.17) is 9.78 Å². The third kappa shape index (κ3) is 2.68. The van der Waals surface area contributed by atoms with Crippen molar-refractivity contribution in [3.63, 3.8) is 0 Å². The van der Waals surface area contributed by atoms with Gasteiger partial charge in [-0.25, -0.2) is 9.28 Å². The predicted molar refractivity (Wildman–Crippen MR) is 65.3 cm³/mol. The summed E-state index contributed by atoms with van der Waals surface area (Å²) in [5, 5.41) is 10.00. The Morgan fingerprint density at radius 1 is 1.32 bits per heavy atom. The second-order valence-corrected chi connectivity index (χ2v) is 5.33. The topological polar surface area (TPSA) is 55.8 Å². The molecule has 1 aromatic carbocycles. The van der Waals surface area contributed by atoms with Crippen molar-refractivity contribution in [3.05, 3.63) is 35.6 Å². The molecule has 0 aromatic heterocycles. The van der Waals surface area contributed by atoms with Crippen LogP contribution in [0.2, 0.25) is 0 Å². The molecule has 1 aromatic rings. The number of hydrogen-bond acceptors (Lipinski definition) is 4. The molecule has 0 bridgehead atoms. The van der Waals surface area contributed by atoms with Crippen LogP contribution in [0.1, 0.15) is 32.8 Å². The lowest BCUT2D eigenvalue weighted by molar-refractivity contribution is -0.492. The number of carbonyl (C=O) groups excluding carboxylic acids is 1. The van der Waals surface area contributed by atoms with E-state index in [1.807, 2.05) is 0 Å². The van der Waals surface area contributed by atoms with Crippen molar-refractivity contribution in [2.24, 2.45) is 5.92 Å². The molecule has 0 saturated carbocycles. The van der Waals surface area contributed by atoms with Crippen molar-refractivity contribution in [1.29, 1.82) is 0 Å². The van der Waals surface area contributed by atoms with Gasteiger partial charge >= 0.3 is 0 Å². The molecule has 104 valence electrons. The first-order chi connectivity index (χ1) is 8.74. The van der Waals surface area contributed by atoms with E-state index in [1.165, 1.54) is 26.0 Å². The minimum Gasteiger partial charge on any atom is -0.363 e. The molecular weight excluding hydrogens is 251 g/mol. The second kappa shape index (κ2) is 4.67. The molecule has 1 heterocycles. The number of rotatable bonds is 2. The summed E-state index contributed by atoms with van der Waals surface area (Å²) in [6.45, 7) is 4.54. The fraction of sp³-hybridized carbons (Fsp3) is 0.500. The van der Waals surface area contributed by atoms with Gasteiger partial charge in [0.1, 0.15) is 17.2 Å². The van der Waals surface area contributed by atoms with Crippen LogP contribution in [0.3, 0.4) is 0 Å². The first kappa shape index (κ1) is 14.1. The third-order valence-electron chi connectivity index (χ3n) is 3.58. The standard InChI is InChI=1S/C14H17FO4/c1-9(16)12-8-13(2,18-19-14(12,3)17)10-4-6-11(15)7-5-10/h4-7,12,17H,8H2,1-3H3. The minimum absolute atomic E-state index is 0.179. The monoisotopic (exact) mass is 268 g/mol. The maximum atomic E-state index is 12.9. The summed E-state index contributed by atoms with van der Waals surface area (Å²) in [4.78, 5) is 21.9. The Morgan fingerprint density at radius 3 is 2.42 bits per heavy atom. The molecule has 4 nitrogen and oxygen atoms in total. The Morgan fingerprint density at radius 2 is 1.89 bits per heavy atom. The highest BCUT2D eigenvalue weighted by Crippen LogP contribution is 2.42. The van der Waals surface area contributed by atoms with Gasteiger partial charge in [-0.15, -0.1) is 0 Å². The maximum absolute atomic E-state index is 12.9. The lowest BCUT2D eigenvalue weighted by atomic mass is 9.80. The Bertz CT molecular complexity index is 483. The normalized spacial score (nSPS) is 35.1. The molecule has 2 rings (SSSR count). The maximum Gasteiger partial charge on any atom is 0.206 e. The summed E-state index contributed by atoms with van der Waals surface area (Å²) < 4.78 is 12.9. The molecule has 3 unspecified atom stereocenters. The molecule has 1 aliphatic rings. The number of Topliss-reactive ketones (excluding diaryl/α,β-unsaturated/α-hetero) is 1. The highest BCUT2D eigenvalue weighted by Gasteiger charge is 2.49. The zero-order chi connectivity index (χ0) is 14.3.